The van der Waals surface area contributed by atoms with E-state index in [2.05, 4.69) is 33.9 Å². The molecule has 5 heteroatoms. The van der Waals surface area contributed by atoms with E-state index >= 15 is 0 Å². The Bertz CT molecular complexity index is 451. The van der Waals surface area contributed by atoms with Crippen molar-refractivity contribution in [3.8, 4) is 0 Å². The summed E-state index contributed by atoms with van der Waals surface area (Å²) in [6.45, 7) is 4.36. The van der Waals surface area contributed by atoms with Crippen LogP contribution in [-0.4, -0.2) is 41.6 Å². The van der Waals surface area contributed by atoms with Crippen LogP contribution in [0.15, 0.2) is 0 Å². The fraction of sp³-hybridized carbons (Fsp3) is 0.714. The van der Waals surface area contributed by atoms with Crippen LogP contribution in [0.3, 0.4) is 0 Å². The van der Waals surface area contributed by atoms with Crippen molar-refractivity contribution < 1.29 is 0 Å². The highest BCUT2D eigenvalue weighted by molar-refractivity contribution is 7.99. The molecule has 2 fully saturated rings. The maximum absolute atomic E-state index is 4.87. The molecule has 0 amide bonds. The zero-order chi connectivity index (χ0) is 13.2. The number of nitrogens with zero attached hydrogens (tertiary/aromatic N) is 3. The summed E-state index contributed by atoms with van der Waals surface area (Å²) in [7, 11) is 1.95. The molecule has 0 unspecified atom stereocenters. The number of thioether (sulfide) groups is 1. The smallest absolute Gasteiger partial charge is 0.137 e. The lowest BCUT2D eigenvalue weighted by Crippen LogP contribution is -2.28. The van der Waals surface area contributed by atoms with Crippen LogP contribution in [0, 0.1) is 6.92 Å². The molecule has 0 radical (unpaired) electrons. The second-order valence-corrected chi connectivity index (χ2v) is 6.58. The van der Waals surface area contributed by atoms with Gasteiger partial charge in [0.15, 0.2) is 0 Å². The highest BCUT2D eigenvalue weighted by Crippen LogP contribution is 2.40. The van der Waals surface area contributed by atoms with Crippen molar-refractivity contribution in [2.75, 3.05) is 41.9 Å². The van der Waals surface area contributed by atoms with E-state index in [1.807, 2.05) is 7.05 Å². The lowest BCUT2D eigenvalue weighted by molar-refractivity contribution is 0.781. The van der Waals surface area contributed by atoms with Crippen LogP contribution in [0.4, 0.5) is 11.6 Å². The fourth-order valence-corrected chi connectivity index (χ4v) is 3.44. The molecule has 0 spiro atoms. The summed E-state index contributed by atoms with van der Waals surface area (Å²) in [4.78, 5) is 12.0. The van der Waals surface area contributed by atoms with Crippen molar-refractivity contribution in [3.63, 3.8) is 0 Å². The zero-order valence-corrected chi connectivity index (χ0v) is 12.6. The average molecular weight is 278 g/mol. The number of hydrogen-bond donors (Lipinski definition) is 1. The third-order valence-electron chi connectivity index (χ3n) is 3.84. The first-order valence-corrected chi connectivity index (χ1v) is 8.34. The quantitative estimate of drug-likeness (QED) is 0.920. The summed E-state index contributed by atoms with van der Waals surface area (Å²) in [6, 6.07) is 0. The molecule has 0 aromatic carbocycles. The zero-order valence-electron chi connectivity index (χ0n) is 11.8. The normalized spacial score (nSPS) is 20.2. The Hall–Kier alpha value is -0.970. The molecular formula is C14H22N4S. The number of hydrogen-bond acceptors (Lipinski definition) is 5. The van der Waals surface area contributed by atoms with Gasteiger partial charge < -0.3 is 10.2 Å². The Morgan fingerprint density at radius 3 is 2.79 bits per heavy atom. The number of anilines is 2. The summed E-state index contributed by atoms with van der Waals surface area (Å²) in [6.07, 6.45) is 3.75. The lowest BCUT2D eigenvalue weighted by Gasteiger charge is -2.24. The average Bonchev–Trinajstić information content (AvgIpc) is 3.26. The van der Waals surface area contributed by atoms with Gasteiger partial charge in [0.25, 0.3) is 0 Å². The van der Waals surface area contributed by atoms with Crippen LogP contribution in [0.2, 0.25) is 0 Å². The molecule has 0 atom stereocenters. The topological polar surface area (TPSA) is 41.1 Å². The van der Waals surface area contributed by atoms with Crippen LogP contribution >= 0.6 is 11.8 Å². The minimum absolute atomic E-state index is 0.604. The maximum Gasteiger partial charge on any atom is 0.137 e. The summed E-state index contributed by atoms with van der Waals surface area (Å²) >= 11 is 2.05. The van der Waals surface area contributed by atoms with Crippen LogP contribution in [0.5, 0.6) is 0 Å². The largest absolute Gasteiger partial charge is 0.373 e. The Morgan fingerprint density at radius 1 is 1.21 bits per heavy atom. The van der Waals surface area contributed by atoms with E-state index < -0.39 is 0 Å². The molecule has 4 nitrogen and oxygen atoms in total. The highest BCUT2D eigenvalue weighted by atomic mass is 32.2. The molecule has 104 valence electrons. The van der Waals surface area contributed by atoms with Crippen LogP contribution < -0.4 is 10.2 Å². The predicted molar refractivity (Wildman–Crippen MR) is 82.4 cm³/mol. The van der Waals surface area contributed by atoms with Gasteiger partial charge in [0.2, 0.25) is 0 Å². The SMILES string of the molecule is CNc1nc(C2CC2)nc(N2CCCSCC2)c1C. The standard InChI is InChI=1S/C14H22N4S/c1-10-12(15-2)16-13(11-4-5-11)17-14(10)18-6-3-8-19-9-7-18/h11H,3-9H2,1-2H3,(H,15,16,17). The van der Waals surface area contributed by atoms with E-state index in [1.165, 1.54) is 36.3 Å². The Morgan fingerprint density at radius 2 is 2.05 bits per heavy atom. The highest BCUT2D eigenvalue weighted by Gasteiger charge is 2.29. The van der Waals surface area contributed by atoms with E-state index in [-0.39, 0.29) is 0 Å². The lowest BCUT2D eigenvalue weighted by atomic mass is 10.2. The molecule has 1 aliphatic heterocycles. The number of aromatic nitrogens is 2. The van der Waals surface area contributed by atoms with Crippen LogP contribution in [-0.2, 0) is 0 Å². The van der Waals surface area contributed by atoms with Gasteiger partial charge in [-0.2, -0.15) is 11.8 Å². The third-order valence-corrected chi connectivity index (χ3v) is 4.89. The van der Waals surface area contributed by atoms with Crippen molar-refractivity contribution in [2.45, 2.75) is 32.1 Å². The van der Waals surface area contributed by atoms with E-state index in [0.29, 0.717) is 5.92 Å². The third kappa shape index (κ3) is 2.81. The van der Waals surface area contributed by atoms with Gasteiger partial charge in [-0.1, -0.05) is 0 Å². The van der Waals surface area contributed by atoms with Gasteiger partial charge in [-0.3, -0.25) is 0 Å². The summed E-state index contributed by atoms with van der Waals surface area (Å²) in [5.41, 5.74) is 1.19. The van der Waals surface area contributed by atoms with Gasteiger partial charge >= 0.3 is 0 Å². The minimum atomic E-state index is 0.604. The second kappa shape index (κ2) is 5.57. The first-order valence-electron chi connectivity index (χ1n) is 7.18. The summed E-state index contributed by atoms with van der Waals surface area (Å²) in [5, 5.41) is 3.23. The first-order chi connectivity index (χ1) is 9.29. The van der Waals surface area contributed by atoms with Crippen LogP contribution in [0.25, 0.3) is 0 Å². The van der Waals surface area contributed by atoms with Crippen LogP contribution in [0.1, 0.15) is 36.6 Å². The second-order valence-electron chi connectivity index (χ2n) is 5.36. The maximum atomic E-state index is 4.87. The first kappa shape index (κ1) is 13.0. The molecule has 0 bridgehead atoms. The van der Waals surface area contributed by atoms with Crippen molar-refractivity contribution in [1.29, 1.82) is 0 Å². The molecular weight excluding hydrogens is 256 g/mol. The molecule has 1 saturated heterocycles. The summed E-state index contributed by atoms with van der Waals surface area (Å²) in [5.74, 6) is 6.29. The molecule has 2 aliphatic rings. The minimum Gasteiger partial charge on any atom is -0.373 e. The van der Waals surface area contributed by atoms with Gasteiger partial charge in [0.1, 0.15) is 17.5 Å². The van der Waals surface area contributed by atoms with Gasteiger partial charge in [-0.05, 0) is 31.9 Å². The Balaban J connectivity index is 1.95. The van der Waals surface area contributed by atoms with Crippen molar-refractivity contribution in [3.05, 3.63) is 11.4 Å². The molecule has 2 heterocycles. The molecule has 1 aromatic rings. The van der Waals surface area contributed by atoms with Gasteiger partial charge in [-0.15, -0.1) is 0 Å². The van der Waals surface area contributed by atoms with Crippen molar-refractivity contribution in [2.24, 2.45) is 0 Å². The number of nitrogens with one attached hydrogen (secondary N) is 1. The van der Waals surface area contributed by atoms with Gasteiger partial charge in [0.05, 0.1) is 0 Å². The monoisotopic (exact) mass is 278 g/mol. The van der Waals surface area contributed by atoms with E-state index in [4.69, 9.17) is 4.98 Å². The Kier molecular flexibility index (Phi) is 3.82. The molecule has 3 rings (SSSR count). The van der Waals surface area contributed by atoms with Crippen molar-refractivity contribution in [1.82, 2.24) is 9.97 Å². The van der Waals surface area contributed by atoms with E-state index in [1.54, 1.807) is 0 Å². The van der Waals surface area contributed by atoms with Crippen molar-refractivity contribution >= 4 is 23.4 Å². The van der Waals surface area contributed by atoms with Gasteiger partial charge in [-0.25, -0.2) is 9.97 Å². The molecule has 1 N–H and O–H groups in total. The molecule has 1 aliphatic carbocycles. The molecule has 1 saturated carbocycles. The Labute approximate surface area is 119 Å². The summed E-state index contributed by atoms with van der Waals surface area (Å²) < 4.78 is 0. The molecule has 19 heavy (non-hydrogen) atoms. The van der Waals surface area contributed by atoms with E-state index in [0.717, 1.165) is 30.5 Å². The molecule has 1 aromatic heterocycles. The van der Waals surface area contributed by atoms with Gasteiger partial charge in [0, 0.05) is 37.4 Å². The predicted octanol–water partition coefficient (Wildman–Crippen LogP) is 2.65. The fourth-order valence-electron chi connectivity index (χ4n) is 2.55. The number of rotatable bonds is 3. The van der Waals surface area contributed by atoms with E-state index in [9.17, 15) is 0 Å².